The quantitative estimate of drug-likeness (QED) is 0.641. The summed E-state index contributed by atoms with van der Waals surface area (Å²) in [6.45, 7) is 0.524. The maximum absolute atomic E-state index is 12.5. The molecule has 0 aliphatic carbocycles. The van der Waals surface area contributed by atoms with Gasteiger partial charge in [0, 0.05) is 19.4 Å². The smallest absolute Gasteiger partial charge is 0.399 e. The first-order valence-corrected chi connectivity index (χ1v) is 4.89. The summed E-state index contributed by atoms with van der Waals surface area (Å²) in [7, 11) is 1.56. The Morgan fingerprint density at radius 3 is 2.50 bits per heavy atom. The van der Waals surface area contributed by atoms with Crippen LogP contribution in [-0.4, -0.2) is 13.7 Å². The minimum Gasteiger partial charge on any atom is -0.399 e. The fourth-order valence-corrected chi connectivity index (χ4v) is 1.45. The lowest BCUT2D eigenvalue weighted by atomic mass is 10.1. The number of hydrogen-bond donors (Lipinski definition) is 1. The highest BCUT2D eigenvalue weighted by Crippen LogP contribution is 2.31. The predicted molar refractivity (Wildman–Crippen MR) is 56.1 cm³/mol. The maximum Gasteiger partial charge on any atom is 0.416 e. The van der Waals surface area contributed by atoms with Crippen molar-refractivity contribution in [2.45, 2.75) is 19.0 Å². The van der Waals surface area contributed by atoms with Gasteiger partial charge in [0.05, 0.1) is 5.56 Å². The molecule has 0 saturated carbocycles. The lowest BCUT2D eigenvalue weighted by Crippen LogP contribution is -2.07. The molecule has 0 aliphatic rings. The molecule has 90 valence electrons. The lowest BCUT2D eigenvalue weighted by Gasteiger charge is -2.10. The van der Waals surface area contributed by atoms with Crippen molar-refractivity contribution < 1.29 is 17.9 Å². The molecular formula is C11H14F3NO. The topological polar surface area (TPSA) is 35.2 Å². The Kier molecular flexibility index (Phi) is 4.18. The monoisotopic (exact) mass is 233 g/mol. The Morgan fingerprint density at radius 2 is 1.94 bits per heavy atom. The van der Waals surface area contributed by atoms with E-state index in [0.717, 1.165) is 12.1 Å². The van der Waals surface area contributed by atoms with Crippen molar-refractivity contribution in [2.75, 3.05) is 19.5 Å². The van der Waals surface area contributed by atoms with Gasteiger partial charge in [-0.15, -0.1) is 0 Å². The minimum atomic E-state index is -4.34. The molecule has 0 amide bonds. The Hall–Kier alpha value is -1.23. The third-order valence-electron chi connectivity index (χ3n) is 2.16. The third kappa shape index (κ3) is 3.73. The van der Waals surface area contributed by atoms with Crippen LogP contribution in [-0.2, 0) is 17.3 Å². The van der Waals surface area contributed by atoms with Crippen LogP contribution < -0.4 is 5.73 Å². The van der Waals surface area contributed by atoms with Crippen LogP contribution in [0.2, 0.25) is 0 Å². The fourth-order valence-electron chi connectivity index (χ4n) is 1.45. The Bertz CT molecular complexity index is 350. The second-order valence-electron chi connectivity index (χ2n) is 3.56. The number of methoxy groups -OCH3 is 1. The van der Waals surface area contributed by atoms with Crippen LogP contribution in [0.5, 0.6) is 0 Å². The van der Waals surface area contributed by atoms with Crippen molar-refractivity contribution in [3.05, 3.63) is 29.3 Å². The van der Waals surface area contributed by atoms with Crippen LogP contribution >= 0.6 is 0 Å². The Labute approximate surface area is 92.2 Å². The molecule has 0 unspecified atom stereocenters. The number of anilines is 1. The number of alkyl halides is 3. The summed E-state index contributed by atoms with van der Waals surface area (Å²) in [5.41, 5.74) is 5.46. The number of nitrogens with two attached hydrogens (primary N) is 1. The SMILES string of the molecule is COCCCc1cc(N)cc(C(F)(F)F)c1. The molecule has 0 saturated heterocycles. The van der Waals surface area contributed by atoms with Crippen LogP contribution in [0.4, 0.5) is 18.9 Å². The van der Waals surface area contributed by atoms with E-state index >= 15 is 0 Å². The first-order chi connectivity index (χ1) is 7.43. The molecule has 0 radical (unpaired) electrons. The summed E-state index contributed by atoms with van der Waals surface area (Å²) in [5.74, 6) is 0. The van der Waals surface area contributed by atoms with E-state index in [0.29, 0.717) is 25.0 Å². The average Bonchev–Trinajstić information content (AvgIpc) is 2.16. The number of nitrogen functional groups attached to an aromatic ring is 1. The molecule has 5 heteroatoms. The van der Waals surface area contributed by atoms with E-state index < -0.39 is 11.7 Å². The Morgan fingerprint density at radius 1 is 1.25 bits per heavy atom. The van der Waals surface area contributed by atoms with Crippen molar-refractivity contribution in [2.24, 2.45) is 0 Å². The van der Waals surface area contributed by atoms with Crippen LogP contribution in [0, 0.1) is 0 Å². The second-order valence-corrected chi connectivity index (χ2v) is 3.56. The van der Waals surface area contributed by atoms with E-state index in [-0.39, 0.29) is 5.69 Å². The minimum absolute atomic E-state index is 0.141. The number of halogens is 3. The third-order valence-corrected chi connectivity index (χ3v) is 2.16. The predicted octanol–water partition coefficient (Wildman–Crippen LogP) is 2.87. The van der Waals surface area contributed by atoms with Gasteiger partial charge in [0.1, 0.15) is 0 Å². The first kappa shape index (κ1) is 12.8. The van der Waals surface area contributed by atoms with Gasteiger partial charge >= 0.3 is 6.18 Å². The van der Waals surface area contributed by atoms with Gasteiger partial charge in [0.15, 0.2) is 0 Å². The molecule has 0 fully saturated rings. The average molecular weight is 233 g/mol. The highest BCUT2D eigenvalue weighted by atomic mass is 19.4. The fraction of sp³-hybridized carbons (Fsp3) is 0.455. The van der Waals surface area contributed by atoms with Gasteiger partial charge in [0.2, 0.25) is 0 Å². The molecule has 0 bridgehead atoms. The molecule has 1 aromatic rings. The summed E-state index contributed by atoms with van der Waals surface area (Å²) < 4.78 is 42.2. The first-order valence-electron chi connectivity index (χ1n) is 4.89. The molecule has 16 heavy (non-hydrogen) atoms. The van der Waals surface area contributed by atoms with E-state index in [1.807, 2.05) is 0 Å². The molecular weight excluding hydrogens is 219 g/mol. The van der Waals surface area contributed by atoms with Crippen molar-refractivity contribution >= 4 is 5.69 Å². The number of rotatable bonds is 4. The van der Waals surface area contributed by atoms with Gasteiger partial charge in [-0.3, -0.25) is 0 Å². The van der Waals surface area contributed by atoms with Gasteiger partial charge in [0.25, 0.3) is 0 Å². The van der Waals surface area contributed by atoms with E-state index in [1.165, 1.54) is 0 Å². The van der Waals surface area contributed by atoms with Crippen LogP contribution in [0.1, 0.15) is 17.5 Å². The molecule has 0 aliphatic heterocycles. The molecule has 0 heterocycles. The van der Waals surface area contributed by atoms with Crippen molar-refractivity contribution in [3.8, 4) is 0 Å². The van der Waals surface area contributed by atoms with E-state index in [4.69, 9.17) is 10.5 Å². The summed E-state index contributed by atoms with van der Waals surface area (Å²) in [5, 5.41) is 0. The zero-order chi connectivity index (χ0) is 12.2. The summed E-state index contributed by atoms with van der Waals surface area (Å²) in [6.07, 6.45) is -3.13. The molecule has 1 rings (SSSR count). The van der Waals surface area contributed by atoms with Gasteiger partial charge in [-0.2, -0.15) is 13.2 Å². The van der Waals surface area contributed by atoms with Gasteiger partial charge in [-0.25, -0.2) is 0 Å². The number of benzene rings is 1. The lowest BCUT2D eigenvalue weighted by molar-refractivity contribution is -0.137. The van der Waals surface area contributed by atoms with Crippen LogP contribution in [0.3, 0.4) is 0 Å². The van der Waals surface area contributed by atoms with Crippen molar-refractivity contribution in [1.82, 2.24) is 0 Å². The molecule has 1 aromatic carbocycles. The molecule has 0 atom stereocenters. The van der Waals surface area contributed by atoms with E-state index in [1.54, 1.807) is 13.2 Å². The Balaban J connectivity index is 2.82. The highest BCUT2D eigenvalue weighted by molar-refractivity contribution is 5.45. The van der Waals surface area contributed by atoms with E-state index in [2.05, 4.69) is 0 Å². The van der Waals surface area contributed by atoms with E-state index in [9.17, 15) is 13.2 Å². The summed E-state index contributed by atoms with van der Waals surface area (Å²) in [4.78, 5) is 0. The zero-order valence-electron chi connectivity index (χ0n) is 8.97. The van der Waals surface area contributed by atoms with Crippen LogP contribution in [0.15, 0.2) is 18.2 Å². The normalized spacial score (nSPS) is 11.8. The highest BCUT2D eigenvalue weighted by Gasteiger charge is 2.30. The molecule has 0 aromatic heterocycles. The zero-order valence-corrected chi connectivity index (χ0v) is 8.97. The summed E-state index contributed by atoms with van der Waals surface area (Å²) >= 11 is 0. The van der Waals surface area contributed by atoms with Crippen molar-refractivity contribution in [3.63, 3.8) is 0 Å². The number of hydrogen-bond acceptors (Lipinski definition) is 2. The number of aryl methyl sites for hydroxylation is 1. The van der Waals surface area contributed by atoms with Crippen LogP contribution in [0.25, 0.3) is 0 Å². The molecule has 2 N–H and O–H groups in total. The second kappa shape index (κ2) is 5.21. The maximum atomic E-state index is 12.5. The largest absolute Gasteiger partial charge is 0.416 e. The van der Waals surface area contributed by atoms with Gasteiger partial charge < -0.3 is 10.5 Å². The molecule has 0 spiro atoms. The van der Waals surface area contributed by atoms with Gasteiger partial charge in [-0.05, 0) is 36.6 Å². The number of ether oxygens (including phenoxy) is 1. The standard InChI is InChI=1S/C11H14F3NO/c1-16-4-2-3-8-5-9(11(12,13)14)7-10(15)6-8/h5-7H,2-4,15H2,1H3. The molecule has 2 nitrogen and oxygen atoms in total. The van der Waals surface area contributed by atoms with Crippen molar-refractivity contribution in [1.29, 1.82) is 0 Å². The van der Waals surface area contributed by atoms with Gasteiger partial charge in [-0.1, -0.05) is 0 Å². The summed E-state index contributed by atoms with van der Waals surface area (Å²) in [6, 6.07) is 3.64.